The summed E-state index contributed by atoms with van der Waals surface area (Å²) in [6.45, 7) is 2.65. The molecule has 1 saturated carbocycles. The number of Topliss-reactive ketones (excluding diaryl/α,β-unsaturated/α-hetero) is 1. The minimum absolute atomic E-state index is 0.00814. The molecule has 2 aliphatic rings. The third kappa shape index (κ3) is 4.50. The summed E-state index contributed by atoms with van der Waals surface area (Å²) in [6.07, 6.45) is 4.33. The summed E-state index contributed by atoms with van der Waals surface area (Å²) in [5.74, 6) is 0.0273. The molecule has 0 amide bonds. The number of hydrogen-bond acceptors (Lipinski definition) is 5. The predicted octanol–water partition coefficient (Wildman–Crippen LogP) is 1.98. The molecular formula is C19H27BO5. The molecule has 2 fully saturated rings. The lowest BCUT2D eigenvalue weighted by molar-refractivity contribution is -0.146. The molecule has 0 radical (unpaired) electrons. The number of methoxy groups -OCH3 is 1. The second-order valence-electron chi connectivity index (χ2n) is 7.26. The van der Waals surface area contributed by atoms with E-state index in [4.69, 9.17) is 18.8 Å². The molecule has 1 aliphatic heterocycles. The van der Waals surface area contributed by atoms with Crippen molar-refractivity contribution in [1.82, 2.24) is 0 Å². The molecule has 2 atom stereocenters. The normalized spacial score (nSPS) is 26.4. The maximum absolute atomic E-state index is 12.7. The van der Waals surface area contributed by atoms with Gasteiger partial charge in [-0.25, -0.2) is 0 Å². The van der Waals surface area contributed by atoms with Crippen LogP contribution in [-0.4, -0.2) is 52.0 Å². The van der Waals surface area contributed by atoms with Crippen LogP contribution in [0.3, 0.4) is 0 Å². The Hall–Kier alpha value is -1.21. The van der Waals surface area contributed by atoms with Gasteiger partial charge in [-0.2, -0.15) is 0 Å². The van der Waals surface area contributed by atoms with E-state index < -0.39 is 12.5 Å². The van der Waals surface area contributed by atoms with Crippen LogP contribution in [-0.2, 0) is 23.6 Å². The SMILES string of the molecule is CO[C@@H]1CCCC[C@H]1OCC(=O)C1(C)COB(c2ccccc2)OC1. The number of ether oxygens (including phenoxy) is 2. The molecule has 136 valence electrons. The zero-order valence-corrected chi connectivity index (χ0v) is 15.1. The molecule has 0 unspecified atom stereocenters. The highest BCUT2D eigenvalue weighted by Crippen LogP contribution is 2.27. The number of carbonyl (C=O) groups excluding carboxylic acids is 1. The number of hydrogen-bond donors (Lipinski definition) is 0. The van der Waals surface area contributed by atoms with E-state index in [1.54, 1.807) is 7.11 Å². The molecule has 3 rings (SSSR count). The summed E-state index contributed by atoms with van der Waals surface area (Å²) in [6, 6.07) is 9.78. The summed E-state index contributed by atoms with van der Waals surface area (Å²) >= 11 is 0. The molecule has 1 saturated heterocycles. The number of rotatable bonds is 6. The van der Waals surface area contributed by atoms with Crippen LogP contribution in [0.15, 0.2) is 30.3 Å². The Morgan fingerprint density at radius 3 is 2.44 bits per heavy atom. The Morgan fingerprint density at radius 2 is 1.80 bits per heavy atom. The molecule has 1 heterocycles. The third-order valence-corrected chi connectivity index (χ3v) is 5.22. The highest BCUT2D eigenvalue weighted by atomic mass is 16.6. The summed E-state index contributed by atoms with van der Waals surface area (Å²) in [4.78, 5) is 12.7. The molecular weight excluding hydrogens is 319 g/mol. The summed E-state index contributed by atoms with van der Waals surface area (Å²) in [5.41, 5.74) is 0.307. The first kappa shape index (κ1) is 18.6. The molecule has 0 bridgehead atoms. The van der Waals surface area contributed by atoms with Crippen molar-refractivity contribution in [2.75, 3.05) is 26.9 Å². The topological polar surface area (TPSA) is 54.0 Å². The average Bonchev–Trinajstić information content (AvgIpc) is 2.67. The van der Waals surface area contributed by atoms with Crippen LogP contribution in [0.2, 0.25) is 0 Å². The number of benzene rings is 1. The van der Waals surface area contributed by atoms with Crippen LogP contribution < -0.4 is 5.46 Å². The minimum Gasteiger partial charge on any atom is -0.406 e. The molecule has 6 heteroatoms. The lowest BCUT2D eigenvalue weighted by Gasteiger charge is -2.36. The van der Waals surface area contributed by atoms with Gasteiger partial charge in [0.15, 0.2) is 5.78 Å². The van der Waals surface area contributed by atoms with Gasteiger partial charge in [0, 0.05) is 20.3 Å². The van der Waals surface area contributed by atoms with Gasteiger partial charge in [0.1, 0.15) is 6.61 Å². The standard InChI is InChI=1S/C19H27BO5/c1-19(13-24-20(25-14-19)15-8-4-3-5-9-15)18(21)12-23-17-11-7-6-10-16(17)22-2/h3-5,8-9,16-17H,6-7,10-14H2,1-2H3/t16-,17-/m1/s1. The maximum atomic E-state index is 12.7. The van der Waals surface area contributed by atoms with Gasteiger partial charge < -0.3 is 18.8 Å². The molecule has 1 aromatic rings. The molecule has 0 aromatic heterocycles. The predicted molar refractivity (Wildman–Crippen MR) is 95.9 cm³/mol. The maximum Gasteiger partial charge on any atom is 0.493 e. The van der Waals surface area contributed by atoms with Crippen molar-refractivity contribution in [1.29, 1.82) is 0 Å². The Labute approximate surface area is 150 Å². The van der Waals surface area contributed by atoms with E-state index >= 15 is 0 Å². The summed E-state index contributed by atoms with van der Waals surface area (Å²) in [7, 11) is 1.31. The van der Waals surface area contributed by atoms with Crippen LogP contribution in [0, 0.1) is 5.41 Å². The number of carbonyl (C=O) groups is 1. The largest absolute Gasteiger partial charge is 0.493 e. The quantitative estimate of drug-likeness (QED) is 0.738. The highest BCUT2D eigenvalue weighted by molar-refractivity contribution is 6.61. The monoisotopic (exact) mass is 346 g/mol. The fourth-order valence-electron chi connectivity index (χ4n) is 3.45. The first-order valence-corrected chi connectivity index (χ1v) is 9.08. The Balaban J connectivity index is 1.50. The fraction of sp³-hybridized carbons (Fsp3) is 0.632. The lowest BCUT2D eigenvalue weighted by Crippen LogP contribution is -2.52. The van der Waals surface area contributed by atoms with E-state index in [0.29, 0.717) is 13.2 Å². The van der Waals surface area contributed by atoms with E-state index in [2.05, 4.69) is 0 Å². The van der Waals surface area contributed by atoms with E-state index in [1.807, 2.05) is 37.3 Å². The summed E-state index contributed by atoms with van der Waals surface area (Å²) in [5, 5.41) is 0. The molecule has 0 spiro atoms. The summed E-state index contributed by atoms with van der Waals surface area (Å²) < 4.78 is 23.0. The van der Waals surface area contributed by atoms with Crippen LogP contribution in [0.25, 0.3) is 0 Å². The zero-order valence-electron chi connectivity index (χ0n) is 15.1. The van der Waals surface area contributed by atoms with Crippen LogP contribution in [0.4, 0.5) is 0 Å². The van der Waals surface area contributed by atoms with E-state index in [1.165, 1.54) is 0 Å². The first-order chi connectivity index (χ1) is 12.1. The lowest BCUT2D eigenvalue weighted by atomic mass is 9.75. The number of ketones is 1. The Kier molecular flexibility index (Phi) is 6.28. The minimum atomic E-state index is -0.664. The molecule has 0 N–H and O–H groups in total. The zero-order chi connectivity index (χ0) is 17.7. The van der Waals surface area contributed by atoms with Crippen molar-refractivity contribution in [2.45, 2.75) is 44.8 Å². The van der Waals surface area contributed by atoms with Crippen molar-refractivity contribution in [3.63, 3.8) is 0 Å². The van der Waals surface area contributed by atoms with Crippen LogP contribution >= 0.6 is 0 Å². The van der Waals surface area contributed by atoms with Crippen molar-refractivity contribution in [3.8, 4) is 0 Å². The molecule has 1 aromatic carbocycles. The van der Waals surface area contributed by atoms with Gasteiger partial charge in [-0.3, -0.25) is 4.79 Å². The van der Waals surface area contributed by atoms with Crippen LogP contribution in [0.1, 0.15) is 32.6 Å². The Bertz CT molecular complexity index is 556. The third-order valence-electron chi connectivity index (χ3n) is 5.22. The van der Waals surface area contributed by atoms with Crippen LogP contribution in [0.5, 0.6) is 0 Å². The van der Waals surface area contributed by atoms with Crippen molar-refractivity contribution in [2.24, 2.45) is 5.41 Å². The van der Waals surface area contributed by atoms with Gasteiger partial charge in [-0.1, -0.05) is 43.2 Å². The van der Waals surface area contributed by atoms with Gasteiger partial charge in [-0.05, 0) is 25.2 Å². The van der Waals surface area contributed by atoms with Gasteiger partial charge in [-0.15, -0.1) is 0 Å². The van der Waals surface area contributed by atoms with Gasteiger partial charge >= 0.3 is 7.12 Å². The van der Waals surface area contributed by atoms with Gasteiger partial charge in [0.25, 0.3) is 0 Å². The highest BCUT2D eigenvalue weighted by Gasteiger charge is 2.42. The van der Waals surface area contributed by atoms with E-state index in [0.717, 1.165) is 31.1 Å². The molecule has 25 heavy (non-hydrogen) atoms. The van der Waals surface area contributed by atoms with Gasteiger partial charge in [0.05, 0.1) is 17.6 Å². The second kappa shape index (κ2) is 8.45. The average molecular weight is 346 g/mol. The van der Waals surface area contributed by atoms with Crippen molar-refractivity contribution < 1.29 is 23.6 Å². The smallest absolute Gasteiger partial charge is 0.406 e. The first-order valence-electron chi connectivity index (χ1n) is 9.08. The van der Waals surface area contributed by atoms with E-state index in [9.17, 15) is 4.79 Å². The van der Waals surface area contributed by atoms with Crippen molar-refractivity contribution in [3.05, 3.63) is 30.3 Å². The Morgan fingerprint density at radius 1 is 1.16 bits per heavy atom. The fourth-order valence-corrected chi connectivity index (χ4v) is 3.45. The van der Waals surface area contributed by atoms with E-state index in [-0.39, 0.29) is 24.6 Å². The molecule has 1 aliphatic carbocycles. The second-order valence-corrected chi connectivity index (χ2v) is 7.26. The van der Waals surface area contributed by atoms with Gasteiger partial charge in [0.2, 0.25) is 0 Å². The van der Waals surface area contributed by atoms with Crippen molar-refractivity contribution >= 4 is 18.4 Å². The molecule has 5 nitrogen and oxygen atoms in total.